The largest absolute Gasteiger partial charge is 0.328 e. The Bertz CT molecular complexity index is 1030. The molecule has 3 heterocycles. The van der Waals surface area contributed by atoms with Crippen LogP contribution in [0.5, 0.6) is 0 Å². The Hall–Kier alpha value is -3.10. The van der Waals surface area contributed by atoms with E-state index in [0.29, 0.717) is 30.5 Å². The number of benzene rings is 1. The number of carbonyl (C=O) groups is 1. The number of alkyl halides is 2. The van der Waals surface area contributed by atoms with E-state index in [4.69, 9.17) is 0 Å². The first-order chi connectivity index (χ1) is 13.1. The third-order valence-corrected chi connectivity index (χ3v) is 4.77. The lowest BCUT2D eigenvalue weighted by atomic mass is 10.1. The van der Waals surface area contributed by atoms with E-state index in [2.05, 4.69) is 15.2 Å². The van der Waals surface area contributed by atoms with Gasteiger partial charge in [-0.05, 0) is 25.0 Å². The van der Waals surface area contributed by atoms with E-state index in [-0.39, 0.29) is 17.1 Å². The maximum Gasteiger partial charge on any atom is 0.261 e. The molecule has 1 atom stereocenters. The van der Waals surface area contributed by atoms with Gasteiger partial charge in [0.15, 0.2) is 0 Å². The molecule has 2 aromatic heterocycles. The minimum absolute atomic E-state index is 0.202. The molecule has 1 N–H and O–H groups in total. The van der Waals surface area contributed by atoms with E-state index in [0.717, 1.165) is 4.57 Å². The van der Waals surface area contributed by atoms with Crippen LogP contribution in [0.4, 0.5) is 8.78 Å². The molecule has 9 heteroatoms. The molecule has 1 fully saturated rings. The van der Waals surface area contributed by atoms with Crippen LogP contribution in [0.15, 0.2) is 41.5 Å². The van der Waals surface area contributed by atoms with Gasteiger partial charge in [0.25, 0.3) is 17.9 Å². The molecule has 1 aliphatic rings. The number of aromatic amines is 1. The average Bonchev–Trinajstić information content (AvgIpc) is 3.35. The van der Waals surface area contributed by atoms with Gasteiger partial charge >= 0.3 is 0 Å². The zero-order chi connectivity index (χ0) is 19.0. The van der Waals surface area contributed by atoms with Crippen LogP contribution in [0.3, 0.4) is 0 Å². The summed E-state index contributed by atoms with van der Waals surface area (Å²) < 4.78 is 27.3. The van der Waals surface area contributed by atoms with Gasteiger partial charge in [-0.3, -0.25) is 19.3 Å². The summed E-state index contributed by atoms with van der Waals surface area (Å²) in [5, 5.41) is 6.66. The van der Waals surface area contributed by atoms with Crippen LogP contribution >= 0.6 is 0 Å². The van der Waals surface area contributed by atoms with E-state index >= 15 is 0 Å². The second-order valence-electron chi connectivity index (χ2n) is 6.44. The first-order valence-electron chi connectivity index (χ1n) is 8.63. The molecule has 27 heavy (non-hydrogen) atoms. The van der Waals surface area contributed by atoms with Crippen molar-refractivity contribution in [3.05, 3.63) is 58.4 Å². The highest BCUT2D eigenvalue weighted by molar-refractivity contribution is 5.94. The van der Waals surface area contributed by atoms with Crippen molar-refractivity contribution in [3.8, 4) is 0 Å². The minimum Gasteiger partial charge on any atom is -0.328 e. The molecule has 0 spiro atoms. The highest BCUT2D eigenvalue weighted by atomic mass is 19.3. The lowest BCUT2D eigenvalue weighted by Crippen LogP contribution is -2.36. The van der Waals surface area contributed by atoms with Gasteiger partial charge in [-0.2, -0.15) is 5.10 Å². The molecule has 4 rings (SSSR count). The molecular formula is C18H17F2N5O2. The molecule has 1 aromatic carbocycles. The van der Waals surface area contributed by atoms with Gasteiger partial charge in [-0.15, -0.1) is 0 Å². The van der Waals surface area contributed by atoms with Crippen molar-refractivity contribution in [2.45, 2.75) is 31.9 Å². The molecule has 140 valence electrons. The highest BCUT2D eigenvalue weighted by Crippen LogP contribution is 2.32. The van der Waals surface area contributed by atoms with Crippen molar-refractivity contribution in [1.29, 1.82) is 0 Å². The van der Waals surface area contributed by atoms with Crippen molar-refractivity contribution in [3.63, 3.8) is 0 Å². The Balaban J connectivity index is 1.84. The smallest absolute Gasteiger partial charge is 0.261 e. The quantitative estimate of drug-likeness (QED) is 0.761. The van der Waals surface area contributed by atoms with Gasteiger partial charge in [0.2, 0.25) is 0 Å². The van der Waals surface area contributed by atoms with Crippen molar-refractivity contribution < 1.29 is 13.6 Å². The van der Waals surface area contributed by atoms with Crippen molar-refractivity contribution in [1.82, 2.24) is 24.6 Å². The summed E-state index contributed by atoms with van der Waals surface area (Å²) in [5.41, 5.74) is 0.301. The van der Waals surface area contributed by atoms with Gasteiger partial charge in [0.1, 0.15) is 5.82 Å². The molecule has 0 saturated carbocycles. The number of fused-ring (bicyclic) bond motifs is 1. The summed E-state index contributed by atoms with van der Waals surface area (Å²) in [5.74, 6) is -0.0643. The van der Waals surface area contributed by atoms with Gasteiger partial charge in [0.05, 0.1) is 35.2 Å². The van der Waals surface area contributed by atoms with Crippen LogP contribution in [-0.2, 0) is 6.54 Å². The Morgan fingerprint density at radius 1 is 1.33 bits per heavy atom. The van der Waals surface area contributed by atoms with Crippen LogP contribution in [0, 0.1) is 0 Å². The fraction of sp³-hybridized carbons (Fsp3) is 0.333. The normalized spacial score (nSPS) is 17.1. The lowest BCUT2D eigenvalue weighted by molar-refractivity contribution is 0.0721. The number of carbonyl (C=O) groups excluding carboxylic acids is 1. The summed E-state index contributed by atoms with van der Waals surface area (Å²) in [6, 6.07) is 6.11. The summed E-state index contributed by atoms with van der Waals surface area (Å²) in [7, 11) is 0. The topological polar surface area (TPSA) is 83.9 Å². The number of para-hydroxylation sites is 1. The molecule has 0 aliphatic carbocycles. The first kappa shape index (κ1) is 17.3. The number of amides is 1. The summed E-state index contributed by atoms with van der Waals surface area (Å²) in [6.45, 7) is -0.289. The fourth-order valence-corrected chi connectivity index (χ4v) is 3.57. The maximum atomic E-state index is 13.2. The van der Waals surface area contributed by atoms with Crippen LogP contribution in [0.25, 0.3) is 10.9 Å². The Morgan fingerprint density at radius 3 is 2.89 bits per heavy atom. The number of H-pyrrole nitrogens is 1. The van der Waals surface area contributed by atoms with E-state index < -0.39 is 24.6 Å². The van der Waals surface area contributed by atoms with Gasteiger partial charge < -0.3 is 4.90 Å². The maximum absolute atomic E-state index is 13.2. The number of hydrogen-bond donors (Lipinski definition) is 1. The first-order valence-corrected chi connectivity index (χ1v) is 8.63. The van der Waals surface area contributed by atoms with E-state index in [1.807, 2.05) is 0 Å². The standard InChI is InChI=1S/C18H17F2N5O2/c19-15(20)10-25-16(23-13-5-2-1-4-12(13)18(25)27)14-6-3-7-24(14)17(26)11-8-21-22-9-11/h1-2,4-5,8-9,14-15H,3,6-7,10H2,(H,21,22). The number of nitrogens with zero attached hydrogens (tertiary/aromatic N) is 4. The zero-order valence-corrected chi connectivity index (χ0v) is 14.3. The predicted molar refractivity (Wildman–Crippen MR) is 93.6 cm³/mol. The Morgan fingerprint density at radius 2 is 2.15 bits per heavy atom. The molecule has 1 saturated heterocycles. The molecule has 7 nitrogen and oxygen atoms in total. The second-order valence-corrected chi connectivity index (χ2v) is 6.44. The van der Waals surface area contributed by atoms with Crippen molar-refractivity contribution in [2.75, 3.05) is 6.54 Å². The molecular weight excluding hydrogens is 356 g/mol. The molecule has 1 aliphatic heterocycles. The fourth-order valence-electron chi connectivity index (χ4n) is 3.57. The van der Waals surface area contributed by atoms with E-state index in [1.54, 1.807) is 29.2 Å². The summed E-state index contributed by atoms with van der Waals surface area (Å²) in [6.07, 6.45) is 1.45. The number of hydrogen-bond acceptors (Lipinski definition) is 4. The van der Waals surface area contributed by atoms with Crippen molar-refractivity contribution >= 4 is 16.8 Å². The Kier molecular flexibility index (Phi) is 4.43. The third kappa shape index (κ3) is 3.09. The Labute approximate surface area is 152 Å². The summed E-state index contributed by atoms with van der Waals surface area (Å²) in [4.78, 5) is 31.7. The van der Waals surface area contributed by atoms with Gasteiger partial charge in [0, 0.05) is 12.7 Å². The third-order valence-electron chi connectivity index (χ3n) is 4.77. The number of likely N-dealkylation sites (tertiary alicyclic amines) is 1. The van der Waals surface area contributed by atoms with E-state index in [9.17, 15) is 18.4 Å². The van der Waals surface area contributed by atoms with Gasteiger partial charge in [-0.1, -0.05) is 12.1 Å². The van der Waals surface area contributed by atoms with Crippen LogP contribution < -0.4 is 5.56 Å². The second kappa shape index (κ2) is 6.90. The molecule has 1 unspecified atom stereocenters. The molecule has 0 radical (unpaired) electrons. The minimum atomic E-state index is -2.70. The number of rotatable bonds is 4. The van der Waals surface area contributed by atoms with Crippen LogP contribution in [0.2, 0.25) is 0 Å². The zero-order valence-electron chi connectivity index (χ0n) is 14.3. The van der Waals surface area contributed by atoms with Crippen molar-refractivity contribution in [2.24, 2.45) is 0 Å². The number of aromatic nitrogens is 4. The van der Waals surface area contributed by atoms with Crippen LogP contribution in [-0.4, -0.2) is 43.5 Å². The molecule has 1 amide bonds. The van der Waals surface area contributed by atoms with Crippen LogP contribution in [0.1, 0.15) is 35.1 Å². The molecule has 0 bridgehead atoms. The SMILES string of the molecule is O=C(c1cn[nH]c1)N1CCCC1c1nc2ccccc2c(=O)n1CC(F)F. The predicted octanol–water partition coefficient (Wildman–Crippen LogP) is 2.36. The summed E-state index contributed by atoms with van der Waals surface area (Å²) >= 11 is 0. The average molecular weight is 373 g/mol. The number of halogens is 2. The lowest BCUT2D eigenvalue weighted by Gasteiger charge is -2.26. The monoisotopic (exact) mass is 373 g/mol. The number of nitrogens with one attached hydrogen (secondary N) is 1. The molecule has 3 aromatic rings. The van der Waals surface area contributed by atoms with Gasteiger partial charge in [-0.25, -0.2) is 13.8 Å². The highest BCUT2D eigenvalue weighted by Gasteiger charge is 2.34. The van der Waals surface area contributed by atoms with E-state index in [1.165, 1.54) is 12.4 Å².